The normalized spacial score (nSPS) is 30.0. The molecule has 1 nitrogen and oxygen atoms in total. The Labute approximate surface area is 150 Å². The lowest BCUT2D eigenvalue weighted by Gasteiger charge is -2.38. The Kier molecular flexibility index (Phi) is 3.26. The van der Waals surface area contributed by atoms with Crippen LogP contribution in [0.5, 0.6) is 0 Å². The lowest BCUT2D eigenvalue weighted by Crippen LogP contribution is -2.39. The SMILES string of the molecule is CC(C)Cc1ccc2cc3c(cc2c1)C(=O)C1(CC3)CC2C=CC1C2. The molecule has 128 valence electrons. The standard InChI is InChI=1S/C24H26O/c1-15(2)9-16-3-5-18-12-19-7-8-24(14-17-4-6-21(24)11-17)23(25)22(19)13-20(18)10-16/h3-6,10,12-13,15,17,21H,7-9,11,14H2,1-2H3. The van der Waals surface area contributed by atoms with Gasteiger partial charge in [-0.15, -0.1) is 0 Å². The number of aryl methyl sites for hydroxylation is 1. The van der Waals surface area contributed by atoms with Crippen LogP contribution in [-0.2, 0) is 12.8 Å². The number of benzene rings is 2. The van der Waals surface area contributed by atoms with Crippen LogP contribution in [0.15, 0.2) is 42.5 Å². The number of Topliss-reactive ketones (excluding diaryl/α,β-unsaturated/α-hetero) is 1. The fraction of sp³-hybridized carbons (Fsp3) is 0.458. The van der Waals surface area contributed by atoms with E-state index in [1.54, 1.807) is 0 Å². The van der Waals surface area contributed by atoms with E-state index < -0.39 is 0 Å². The van der Waals surface area contributed by atoms with Crippen molar-refractivity contribution in [2.75, 3.05) is 0 Å². The van der Waals surface area contributed by atoms with Crippen molar-refractivity contribution in [3.05, 3.63) is 59.2 Å². The van der Waals surface area contributed by atoms with Gasteiger partial charge < -0.3 is 0 Å². The molecule has 0 saturated heterocycles. The van der Waals surface area contributed by atoms with Gasteiger partial charge in [-0.05, 0) is 77.8 Å². The van der Waals surface area contributed by atoms with Gasteiger partial charge >= 0.3 is 0 Å². The third-order valence-corrected chi connectivity index (χ3v) is 6.82. The summed E-state index contributed by atoms with van der Waals surface area (Å²) in [7, 11) is 0. The summed E-state index contributed by atoms with van der Waals surface area (Å²) in [6, 6.07) is 11.3. The Hall–Kier alpha value is -1.89. The van der Waals surface area contributed by atoms with Crippen LogP contribution < -0.4 is 0 Å². The predicted octanol–water partition coefficient (Wildman–Crippen LogP) is 5.75. The molecular weight excluding hydrogens is 304 g/mol. The Bertz CT molecular complexity index is 904. The summed E-state index contributed by atoms with van der Waals surface area (Å²) in [5, 5.41) is 2.52. The largest absolute Gasteiger partial charge is 0.294 e. The van der Waals surface area contributed by atoms with Gasteiger partial charge in [-0.1, -0.05) is 50.3 Å². The molecule has 1 spiro atoms. The first-order valence-corrected chi connectivity index (χ1v) is 9.84. The van der Waals surface area contributed by atoms with Gasteiger partial charge in [-0.3, -0.25) is 4.79 Å². The average Bonchev–Trinajstić information content (AvgIpc) is 3.18. The van der Waals surface area contributed by atoms with Crippen molar-refractivity contribution in [1.82, 2.24) is 0 Å². The van der Waals surface area contributed by atoms with E-state index in [4.69, 9.17) is 0 Å². The summed E-state index contributed by atoms with van der Waals surface area (Å²) >= 11 is 0. The third kappa shape index (κ3) is 2.25. The fourth-order valence-corrected chi connectivity index (χ4v) is 5.65. The number of ketones is 1. The second-order valence-corrected chi connectivity index (χ2v) is 8.97. The molecule has 1 heteroatoms. The quantitative estimate of drug-likeness (QED) is 0.641. The van der Waals surface area contributed by atoms with Gasteiger partial charge in [0.25, 0.3) is 0 Å². The summed E-state index contributed by atoms with van der Waals surface area (Å²) < 4.78 is 0. The molecule has 3 aliphatic carbocycles. The highest BCUT2D eigenvalue weighted by atomic mass is 16.1. The number of carbonyl (C=O) groups excluding carboxylic acids is 1. The molecule has 2 aromatic carbocycles. The van der Waals surface area contributed by atoms with E-state index in [1.807, 2.05) is 0 Å². The number of rotatable bonds is 2. The van der Waals surface area contributed by atoms with Crippen LogP contribution in [0.4, 0.5) is 0 Å². The Morgan fingerprint density at radius 1 is 1.12 bits per heavy atom. The van der Waals surface area contributed by atoms with Crippen molar-refractivity contribution >= 4 is 16.6 Å². The topological polar surface area (TPSA) is 17.1 Å². The first-order valence-electron chi connectivity index (χ1n) is 9.84. The predicted molar refractivity (Wildman–Crippen MR) is 103 cm³/mol. The summed E-state index contributed by atoms with van der Waals surface area (Å²) in [4.78, 5) is 13.5. The molecule has 0 aliphatic heterocycles. The molecule has 3 atom stereocenters. The van der Waals surface area contributed by atoms with Gasteiger partial charge in [0.2, 0.25) is 0 Å². The minimum atomic E-state index is -0.0877. The maximum absolute atomic E-state index is 13.5. The maximum atomic E-state index is 13.5. The van der Waals surface area contributed by atoms with Gasteiger partial charge in [0.1, 0.15) is 0 Å². The van der Waals surface area contributed by atoms with E-state index in [9.17, 15) is 4.79 Å². The van der Waals surface area contributed by atoms with Gasteiger partial charge in [0.15, 0.2) is 5.78 Å². The maximum Gasteiger partial charge on any atom is 0.169 e. The highest BCUT2D eigenvalue weighted by molar-refractivity contribution is 6.06. The minimum Gasteiger partial charge on any atom is -0.294 e. The first kappa shape index (κ1) is 15.4. The van der Waals surface area contributed by atoms with Crippen LogP contribution >= 0.6 is 0 Å². The molecule has 0 amide bonds. The Morgan fingerprint density at radius 3 is 2.72 bits per heavy atom. The number of carbonyl (C=O) groups is 1. The van der Waals surface area contributed by atoms with E-state index in [2.05, 4.69) is 56.3 Å². The lowest BCUT2D eigenvalue weighted by molar-refractivity contribution is 0.0703. The number of fused-ring (bicyclic) bond motifs is 5. The van der Waals surface area contributed by atoms with Crippen molar-refractivity contribution in [2.24, 2.45) is 23.2 Å². The summed E-state index contributed by atoms with van der Waals surface area (Å²) in [6.07, 6.45) is 10.2. The molecule has 0 radical (unpaired) electrons. The summed E-state index contributed by atoms with van der Waals surface area (Å²) in [5.41, 5.74) is 3.58. The number of allylic oxidation sites excluding steroid dienone is 2. The van der Waals surface area contributed by atoms with E-state index in [1.165, 1.54) is 28.3 Å². The van der Waals surface area contributed by atoms with Crippen LogP contribution in [0.25, 0.3) is 10.8 Å². The molecule has 2 aromatic rings. The van der Waals surface area contributed by atoms with Crippen molar-refractivity contribution in [3.8, 4) is 0 Å². The second-order valence-electron chi connectivity index (χ2n) is 8.97. The van der Waals surface area contributed by atoms with Crippen molar-refractivity contribution < 1.29 is 4.79 Å². The average molecular weight is 330 g/mol. The molecule has 5 rings (SSSR count). The molecular formula is C24H26O. The van der Waals surface area contributed by atoms with E-state index in [0.717, 1.165) is 31.2 Å². The van der Waals surface area contributed by atoms with Crippen molar-refractivity contribution in [3.63, 3.8) is 0 Å². The zero-order chi connectivity index (χ0) is 17.2. The van der Waals surface area contributed by atoms with Gasteiger partial charge in [0, 0.05) is 11.0 Å². The molecule has 0 heterocycles. The van der Waals surface area contributed by atoms with Crippen LogP contribution in [0.1, 0.15) is 54.6 Å². The molecule has 3 aliphatic rings. The van der Waals surface area contributed by atoms with Gasteiger partial charge in [-0.2, -0.15) is 0 Å². The van der Waals surface area contributed by atoms with Crippen LogP contribution in [0, 0.1) is 23.2 Å². The number of hydrogen-bond acceptors (Lipinski definition) is 1. The summed E-state index contributed by atoms with van der Waals surface area (Å²) in [6.45, 7) is 4.51. The smallest absolute Gasteiger partial charge is 0.169 e. The van der Waals surface area contributed by atoms with E-state index >= 15 is 0 Å². The van der Waals surface area contributed by atoms with Crippen LogP contribution in [0.2, 0.25) is 0 Å². The monoisotopic (exact) mass is 330 g/mol. The third-order valence-electron chi connectivity index (χ3n) is 6.82. The molecule has 2 bridgehead atoms. The van der Waals surface area contributed by atoms with Gasteiger partial charge in [-0.25, -0.2) is 0 Å². The van der Waals surface area contributed by atoms with Gasteiger partial charge in [0.05, 0.1) is 0 Å². The first-order chi connectivity index (χ1) is 12.0. The summed E-state index contributed by atoms with van der Waals surface area (Å²) in [5.74, 6) is 2.22. The van der Waals surface area contributed by atoms with E-state index in [0.29, 0.717) is 23.5 Å². The molecule has 25 heavy (non-hydrogen) atoms. The van der Waals surface area contributed by atoms with Crippen molar-refractivity contribution in [1.29, 1.82) is 0 Å². The fourth-order valence-electron chi connectivity index (χ4n) is 5.65. The Morgan fingerprint density at radius 2 is 2.00 bits per heavy atom. The zero-order valence-electron chi connectivity index (χ0n) is 15.2. The Balaban J connectivity index is 1.59. The van der Waals surface area contributed by atoms with Crippen LogP contribution in [-0.4, -0.2) is 5.78 Å². The van der Waals surface area contributed by atoms with E-state index in [-0.39, 0.29) is 5.41 Å². The molecule has 3 unspecified atom stereocenters. The molecule has 0 N–H and O–H groups in total. The highest BCUT2D eigenvalue weighted by Gasteiger charge is 2.54. The molecule has 1 fully saturated rings. The molecule has 0 aromatic heterocycles. The lowest BCUT2D eigenvalue weighted by atomic mass is 9.63. The zero-order valence-corrected chi connectivity index (χ0v) is 15.2. The van der Waals surface area contributed by atoms with Crippen molar-refractivity contribution in [2.45, 2.75) is 46.0 Å². The minimum absolute atomic E-state index is 0.0877. The molecule has 1 saturated carbocycles. The highest BCUT2D eigenvalue weighted by Crippen LogP contribution is 2.57. The number of hydrogen-bond donors (Lipinski definition) is 0. The second kappa shape index (κ2) is 5.30. The van der Waals surface area contributed by atoms with Crippen LogP contribution in [0.3, 0.4) is 0 Å².